The van der Waals surface area contributed by atoms with Crippen molar-refractivity contribution in [1.82, 2.24) is 20.2 Å². The summed E-state index contributed by atoms with van der Waals surface area (Å²) in [4.78, 5) is 37.7. The molecule has 1 saturated heterocycles. The molecule has 0 aromatic carbocycles. The number of piperazine rings is 1. The monoisotopic (exact) mass is 479 g/mol. The van der Waals surface area contributed by atoms with Gasteiger partial charge in [0.25, 0.3) is 0 Å². The number of rotatable bonds is 7. The van der Waals surface area contributed by atoms with E-state index in [0.29, 0.717) is 54.5 Å². The SMILES string of the molecule is CC1CN(c2cc(Cl)nc(SCC(=O)NCc3ccco3)n2)CCN1C(=O)CC(C)(C)C. The predicted molar refractivity (Wildman–Crippen MR) is 126 cm³/mol. The number of furan rings is 1. The van der Waals surface area contributed by atoms with Crippen molar-refractivity contribution in [3.8, 4) is 0 Å². The molecular formula is C22H30ClN5O3S. The Balaban J connectivity index is 1.56. The zero-order chi connectivity index (χ0) is 23.3. The molecule has 1 atom stereocenters. The fourth-order valence-corrected chi connectivity index (χ4v) is 4.39. The number of nitrogens with zero attached hydrogens (tertiary/aromatic N) is 4. The maximum atomic E-state index is 12.7. The average Bonchev–Trinajstić information content (AvgIpc) is 3.22. The Hall–Kier alpha value is -2.26. The number of anilines is 1. The van der Waals surface area contributed by atoms with Crippen LogP contribution in [0.3, 0.4) is 0 Å². The van der Waals surface area contributed by atoms with Crippen LogP contribution in [-0.2, 0) is 16.1 Å². The van der Waals surface area contributed by atoms with E-state index in [1.165, 1.54) is 11.8 Å². The Bertz CT molecular complexity index is 932. The summed E-state index contributed by atoms with van der Waals surface area (Å²) in [5.74, 6) is 1.61. The number of aromatic nitrogens is 2. The Kier molecular flexibility index (Phi) is 8.05. The molecule has 1 aliphatic rings. The van der Waals surface area contributed by atoms with E-state index in [1.54, 1.807) is 24.5 Å². The van der Waals surface area contributed by atoms with Crippen LogP contribution in [-0.4, -0.2) is 58.1 Å². The fourth-order valence-electron chi connectivity index (χ4n) is 3.48. The minimum Gasteiger partial charge on any atom is -0.467 e. The van der Waals surface area contributed by atoms with Crippen LogP contribution in [0.2, 0.25) is 5.15 Å². The summed E-state index contributed by atoms with van der Waals surface area (Å²) in [5.41, 5.74) is -0.0372. The minimum absolute atomic E-state index is 0.0372. The Morgan fingerprint density at radius 2 is 2.09 bits per heavy atom. The standard InChI is InChI=1S/C22H30ClN5O3S/c1-15-13-27(7-8-28(15)20(30)11-22(2,3)4)18-10-17(23)25-21(26-18)32-14-19(29)24-12-16-6-5-9-31-16/h5-6,9-10,15H,7-8,11-14H2,1-4H3,(H,24,29). The number of amides is 2. The number of halogens is 1. The van der Waals surface area contributed by atoms with Crippen molar-refractivity contribution in [1.29, 1.82) is 0 Å². The van der Waals surface area contributed by atoms with Crippen LogP contribution in [0.25, 0.3) is 0 Å². The first-order valence-electron chi connectivity index (χ1n) is 10.6. The van der Waals surface area contributed by atoms with Gasteiger partial charge in [-0.25, -0.2) is 9.97 Å². The van der Waals surface area contributed by atoms with E-state index in [2.05, 4.69) is 47.9 Å². The van der Waals surface area contributed by atoms with Crippen LogP contribution >= 0.6 is 23.4 Å². The van der Waals surface area contributed by atoms with Gasteiger partial charge >= 0.3 is 0 Å². The van der Waals surface area contributed by atoms with Crippen LogP contribution in [0.1, 0.15) is 39.9 Å². The first-order chi connectivity index (χ1) is 15.1. The molecule has 0 bridgehead atoms. The minimum atomic E-state index is -0.142. The number of hydrogen-bond donors (Lipinski definition) is 1. The third-order valence-electron chi connectivity index (χ3n) is 4.99. The van der Waals surface area contributed by atoms with Crippen LogP contribution in [0.15, 0.2) is 34.0 Å². The van der Waals surface area contributed by atoms with E-state index in [4.69, 9.17) is 16.0 Å². The van der Waals surface area contributed by atoms with Gasteiger partial charge in [0.1, 0.15) is 16.7 Å². The molecule has 0 radical (unpaired) electrons. The molecule has 32 heavy (non-hydrogen) atoms. The van der Waals surface area contributed by atoms with Crippen molar-refractivity contribution in [3.05, 3.63) is 35.4 Å². The highest BCUT2D eigenvalue weighted by Gasteiger charge is 2.30. The van der Waals surface area contributed by atoms with E-state index in [1.807, 2.05) is 4.90 Å². The summed E-state index contributed by atoms with van der Waals surface area (Å²) in [7, 11) is 0. The molecule has 1 fully saturated rings. The number of hydrogen-bond acceptors (Lipinski definition) is 7. The van der Waals surface area contributed by atoms with E-state index < -0.39 is 0 Å². The maximum absolute atomic E-state index is 12.7. The molecule has 1 aliphatic heterocycles. The van der Waals surface area contributed by atoms with Crippen LogP contribution in [0.4, 0.5) is 5.82 Å². The second-order valence-electron chi connectivity index (χ2n) is 9.10. The van der Waals surface area contributed by atoms with Crippen LogP contribution in [0.5, 0.6) is 0 Å². The molecule has 174 valence electrons. The predicted octanol–water partition coefficient (Wildman–Crippen LogP) is 3.60. The first-order valence-corrected chi connectivity index (χ1v) is 12.0. The van der Waals surface area contributed by atoms with Crippen molar-refractivity contribution < 1.29 is 14.0 Å². The fraction of sp³-hybridized carbons (Fsp3) is 0.545. The second kappa shape index (κ2) is 10.6. The quantitative estimate of drug-likeness (QED) is 0.368. The lowest BCUT2D eigenvalue weighted by atomic mass is 9.91. The highest BCUT2D eigenvalue weighted by Crippen LogP contribution is 2.26. The van der Waals surface area contributed by atoms with Gasteiger partial charge in [0.05, 0.1) is 18.6 Å². The van der Waals surface area contributed by atoms with Gasteiger partial charge in [0.2, 0.25) is 11.8 Å². The molecular weight excluding hydrogens is 450 g/mol. The summed E-state index contributed by atoms with van der Waals surface area (Å²) < 4.78 is 5.21. The number of nitrogens with one attached hydrogen (secondary N) is 1. The van der Waals surface area contributed by atoms with Gasteiger partial charge in [-0.3, -0.25) is 9.59 Å². The second-order valence-corrected chi connectivity index (χ2v) is 10.4. The molecule has 2 aromatic rings. The summed E-state index contributed by atoms with van der Waals surface area (Å²) in [6.45, 7) is 10.6. The first kappa shape index (κ1) is 24.4. The highest BCUT2D eigenvalue weighted by atomic mass is 35.5. The zero-order valence-corrected chi connectivity index (χ0v) is 20.5. The zero-order valence-electron chi connectivity index (χ0n) is 18.9. The molecule has 8 nitrogen and oxygen atoms in total. The van der Waals surface area contributed by atoms with Gasteiger partial charge < -0.3 is 19.5 Å². The van der Waals surface area contributed by atoms with Crippen molar-refractivity contribution >= 4 is 41.0 Å². The Morgan fingerprint density at radius 1 is 1.31 bits per heavy atom. The molecule has 0 saturated carbocycles. The van der Waals surface area contributed by atoms with Crippen LogP contribution in [0, 0.1) is 5.41 Å². The third-order valence-corrected chi connectivity index (χ3v) is 6.03. The Morgan fingerprint density at radius 3 is 2.75 bits per heavy atom. The van der Waals surface area contributed by atoms with Crippen molar-refractivity contribution in [3.63, 3.8) is 0 Å². The lowest BCUT2D eigenvalue weighted by molar-refractivity contribution is -0.135. The molecule has 10 heteroatoms. The Labute approximate surface area is 198 Å². The molecule has 2 aromatic heterocycles. The third kappa shape index (κ3) is 7.13. The average molecular weight is 480 g/mol. The number of carbonyl (C=O) groups excluding carboxylic acids is 2. The molecule has 0 aliphatic carbocycles. The molecule has 3 heterocycles. The van der Waals surface area contributed by atoms with Gasteiger partial charge in [0, 0.05) is 38.2 Å². The number of carbonyl (C=O) groups is 2. The molecule has 1 N–H and O–H groups in total. The smallest absolute Gasteiger partial charge is 0.230 e. The maximum Gasteiger partial charge on any atom is 0.230 e. The van der Waals surface area contributed by atoms with E-state index in [-0.39, 0.29) is 29.0 Å². The molecule has 0 spiro atoms. The normalized spacial score (nSPS) is 16.8. The topological polar surface area (TPSA) is 91.6 Å². The number of thioether (sulfide) groups is 1. The molecule has 3 rings (SSSR count). The van der Waals surface area contributed by atoms with Gasteiger partial charge in [0.15, 0.2) is 5.16 Å². The summed E-state index contributed by atoms with van der Waals surface area (Å²) in [6, 6.07) is 5.37. The van der Waals surface area contributed by atoms with Gasteiger partial charge in [-0.2, -0.15) is 0 Å². The van der Waals surface area contributed by atoms with Crippen molar-refractivity contribution in [2.45, 2.75) is 51.9 Å². The summed E-state index contributed by atoms with van der Waals surface area (Å²) in [5, 5.41) is 3.57. The summed E-state index contributed by atoms with van der Waals surface area (Å²) in [6.07, 6.45) is 2.10. The molecule has 1 unspecified atom stereocenters. The van der Waals surface area contributed by atoms with E-state index in [9.17, 15) is 9.59 Å². The van der Waals surface area contributed by atoms with Crippen molar-refractivity contribution in [2.24, 2.45) is 5.41 Å². The van der Waals surface area contributed by atoms with Gasteiger partial charge in [-0.05, 0) is 24.5 Å². The lowest BCUT2D eigenvalue weighted by Gasteiger charge is -2.41. The van der Waals surface area contributed by atoms with Gasteiger partial charge in [-0.15, -0.1) is 0 Å². The van der Waals surface area contributed by atoms with E-state index in [0.717, 1.165) is 0 Å². The summed E-state index contributed by atoms with van der Waals surface area (Å²) >= 11 is 7.46. The highest BCUT2D eigenvalue weighted by molar-refractivity contribution is 7.99. The van der Waals surface area contributed by atoms with E-state index >= 15 is 0 Å². The largest absolute Gasteiger partial charge is 0.467 e. The molecule has 2 amide bonds. The van der Waals surface area contributed by atoms with Gasteiger partial charge in [-0.1, -0.05) is 44.1 Å². The lowest BCUT2D eigenvalue weighted by Crippen LogP contribution is -2.54. The van der Waals surface area contributed by atoms with Crippen molar-refractivity contribution in [2.75, 3.05) is 30.3 Å². The van der Waals surface area contributed by atoms with Crippen LogP contribution < -0.4 is 10.2 Å².